The van der Waals surface area contributed by atoms with E-state index in [0.717, 1.165) is 4.88 Å². The number of carbonyl (C=O) groups excluding carboxylic acids is 1. The molecule has 1 atom stereocenters. The lowest BCUT2D eigenvalue weighted by Gasteiger charge is -2.12. The van der Waals surface area contributed by atoms with Crippen molar-refractivity contribution in [3.8, 4) is 10.8 Å². The van der Waals surface area contributed by atoms with Gasteiger partial charge in [-0.05, 0) is 31.4 Å². The zero-order valence-corrected chi connectivity index (χ0v) is 16.0. The number of hydrogen-bond acceptors (Lipinski definition) is 8. The highest BCUT2D eigenvalue weighted by molar-refractivity contribution is 7.13. The average molecular weight is 396 g/mol. The van der Waals surface area contributed by atoms with Gasteiger partial charge >= 0.3 is 5.97 Å². The lowest BCUT2D eigenvalue weighted by atomic mass is 10.1. The SMILES string of the molecule is CCn1nc(C(=O)O[C@H](C)c2nnc(-c3cccs3)o2)c2ccccc2c1=O. The molecule has 0 radical (unpaired) electrons. The largest absolute Gasteiger partial charge is 0.448 e. The topological polar surface area (TPSA) is 100 Å². The van der Waals surface area contributed by atoms with Crippen LogP contribution in [0.1, 0.15) is 36.3 Å². The van der Waals surface area contributed by atoms with E-state index >= 15 is 0 Å². The summed E-state index contributed by atoms with van der Waals surface area (Å²) in [4.78, 5) is 26.0. The van der Waals surface area contributed by atoms with Crippen molar-refractivity contribution in [1.29, 1.82) is 0 Å². The Morgan fingerprint density at radius 1 is 1.21 bits per heavy atom. The van der Waals surface area contributed by atoms with E-state index in [1.54, 1.807) is 38.1 Å². The van der Waals surface area contributed by atoms with Gasteiger partial charge in [-0.25, -0.2) is 9.48 Å². The summed E-state index contributed by atoms with van der Waals surface area (Å²) in [7, 11) is 0. The summed E-state index contributed by atoms with van der Waals surface area (Å²) in [6.45, 7) is 3.76. The van der Waals surface area contributed by atoms with Crippen LogP contribution in [-0.4, -0.2) is 25.9 Å². The van der Waals surface area contributed by atoms with E-state index in [9.17, 15) is 9.59 Å². The van der Waals surface area contributed by atoms with Gasteiger partial charge in [-0.15, -0.1) is 21.5 Å². The number of carbonyl (C=O) groups is 1. The van der Waals surface area contributed by atoms with E-state index in [0.29, 0.717) is 23.2 Å². The molecule has 0 amide bonds. The summed E-state index contributed by atoms with van der Waals surface area (Å²) in [5.41, 5.74) is -0.179. The molecular weight excluding hydrogens is 380 g/mol. The number of aryl methyl sites for hydroxylation is 1. The number of nitrogens with zero attached hydrogens (tertiary/aromatic N) is 4. The first-order valence-electron chi connectivity index (χ1n) is 8.66. The number of benzene rings is 1. The van der Waals surface area contributed by atoms with Crippen LogP contribution in [0.5, 0.6) is 0 Å². The zero-order valence-electron chi connectivity index (χ0n) is 15.2. The molecule has 0 fully saturated rings. The van der Waals surface area contributed by atoms with Crippen molar-refractivity contribution < 1.29 is 13.9 Å². The first kappa shape index (κ1) is 18.1. The molecular formula is C19H16N4O4S. The number of rotatable bonds is 5. The Bertz CT molecular complexity index is 1200. The van der Waals surface area contributed by atoms with Crippen molar-refractivity contribution in [2.45, 2.75) is 26.5 Å². The highest BCUT2D eigenvalue weighted by Crippen LogP contribution is 2.26. The molecule has 0 saturated heterocycles. The molecule has 0 bridgehead atoms. The lowest BCUT2D eigenvalue weighted by molar-refractivity contribution is 0.0272. The lowest BCUT2D eigenvalue weighted by Crippen LogP contribution is -2.26. The zero-order chi connectivity index (χ0) is 19.7. The van der Waals surface area contributed by atoms with E-state index in [1.165, 1.54) is 16.0 Å². The van der Waals surface area contributed by atoms with Crippen molar-refractivity contribution in [2.24, 2.45) is 0 Å². The van der Waals surface area contributed by atoms with Crippen LogP contribution in [-0.2, 0) is 11.3 Å². The molecule has 3 heterocycles. The molecule has 9 heteroatoms. The van der Waals surface area contributed by atoms with Gasteiger partial charge in [0.15, 0.2) is 11.8 Å². The van der Waals surface area contributed by atoms with E-state index < -0.39 is 12.1 Å². The van der Waals surface area contributed by atoms with Gasteiger partial charge in [-0.1, -0.05) is 24.3 Å². The number of hydrogen-bond donors (Lipinski definition) is 0. The van der Waals surface area contributed by atoms with E-state index in [2.05, 4.69) is 15.3 Å². The monoisotopic (exact) mass is 396 g/mol. The van der Waals surface area contributed by atoms with Gasteiger partial charge in [0, 0.05) is 11.9 Å². The third-order valence-electron chi connectivity index (χ3n) is 4.16. The van der Waals surface area contributed by atoms with Crippen LogP contribution in [0.25, 0.3) is 21.5 Å². The van der Waals surface area contributed by atoms with Crippen molar-refractivity contribution in [2.75, 3.05) is 0 Å². The first-order chi connectivity index (χ1) is 13.6. The van der Waals surface area contributed by atoms with E-state index in [-0.39, 0.29) is 17.1 Å². The average Bonchev–Trinajstić information content (AvgIpc) is 3.40. The van der Waals surface area contributed by atoms with Gasteiger partial charge in [-0.3, -0.25) is 4.79 Å². The summed E-state index contributed by atoms with van der Waals surface area (Å²) >= 11 is 1.47. The van der Waals surface area contributed by atoms with Crippen molar-refractivity contribution in [3.63, 3.8) is 0 Å². The normalized spacial score (nSPS) is 12.2. The summed E-state index contributed by atoms with van der Waals surface area (Å²) in [5, 5.41) is 14.9. The van der Waals surface area contributed by atoms with Crippen LogP contribution in [0.2, 0.25) is 0 Å². The Hall–Kier alpha value is -3.33. The molecule has 0 aliphatic carbocycles. The Morgan fingerprint density at radius 2 is 2.00 bits per heavy atom. The standard InChI is InChI=1S/C19H16N4O4S/c1-3-23-18(24)13-8-5-4-7-12(13)15(22-23)19(25)26-11(2)16-20-21-17(27-16)14-9-6-10-28-14/h4-11H,3H2,1-2H3/t11-/m1/s1. The Kier molecular flexibility index (Phi) is 4.74. The van der Waals surface area contributed by atoms with E-state index in [4.69, 9.17) is 9.15 Å². The molecule has 1 aromatic carbocycles. The maximum absolute atomic E-state index is 12.8. The van der Waals surface area contributed by atoms with E-state index in [1.807, 2.05) is 17.5 Å². The van der Waals surface area contributed by atoms with Crippen molar-refractivity contribution >= 4 is 28.1 Å². The molecule has 0 spiro atoms. The molecule has 28 heavy (non-hydrogen) atoms. The van der Waals surface area contributed by atoms with Crippen LogP contribution < -0.4 is 5.56 Å². The molecule has 0 aliphatic rings. The Balaban J connectivity index is 1.64. The van der Waals surface area contributed by atoms with Crippen LogP contribution in [0.15, 0.2) is 51.0 Å². The third kappa shape index (κ3) is 3.20. The number of ether oxygens (including phenoxy) is 1. The minimum atomic E-state index is -0.767. The highest BCUT2D eigenvalue weighted by Gasteiger charge is 2.23. The molecule has 8 nitrogen and oxygen atoms in total. The molecule has 3 aromatic heterocycles. The molecule has 4 aromatic rings. The first-order valence-corrected chi connectivity index (χ1v) is 9.54. The third-order valence-corrected chi connectivity index (χ3v) is 5.02. The fraction of sp³-hybridized carbons (Fsp3) is 0.211. The fourth-order valence-electron chi connectivity index (χ4n) is 2.77. The maximum Gasteiger partial charge on any atom is 0.360 e. The second-order valence-corrected chi connectivity index (χ2v) is 6.93. The quantitative estimate of drug-likeness (QED) is 0.476. The van der Waals surface area contributed by atoms with Crippen molar-refractivity contribution in [3.05, 3.63) is 63.7 Å². The fourth-order valence-corrected chi connectivity index (χ4v) is 3.41. The van der Waals surface area contributed by atoms with Crippen LogP contribution in [0.3, 0.4) is 0 Å². The van der Waals surface area contributed by atoms with Gasteiger partial charge in [0.05, 0.1) is 10.3 Å². The molecule has 0 aliphatic heterocycles. The van der Waals surface area contributed by atoms with Crippen LogP contribution in [0.4, 0.5) is 0 Å². The summed E-state index contributed by atoms with van der Waals surface area (Å²) < 4.78 is 12.3. The number of esters is 1. The minimum Gasteiger partial charge on any atom is -0.448 e. The van der Waals surface area contributed by atoms with Crippen LogP contribution >= 0.6 is 11.3 Å². The predicted octanol–water partition coefficient (Wildman–Crippen LogP) is 3.45. The Morgan fingerprint density at radius 3 is 2.71 bits per heavy atom. The maximum atomic E-state index is 12.8. The summed E-state index contributed by atoms with van der Waals surface area (Å²) in [6, 6.07) is 10.6. The summed E-state index contributed by atoms with van der Waals surface area (Å²) in [6.07, 6.45) is -0.767. The predicted molar refractivity (Wildman–Crippen MR) is 103 cm³/mol. The molecule has 142 valence electrons. The van der Waals surface area contributed by atoms with Crippen LogP contribution in [0, 0.1) is 0 Å². The van der Waals surface area contributed by atoms with Gasteiger partial charge in [-0.2, -0.15) is 5.10 Å². The number of fused-ring (bicyclic) bond motifs is 1. The highest BCUT2D eigenvalue weighted by atomic mass is 32.1. The number of aromatic nitrogens is 4. The molecule has 0 saturated carbocycles. The second kappa shape index (κ2) is 7.35. The molecule has 0 unspecified atom stereocenters. The van der Waals surface area contributed by atoms with Gasteiger partial charge in [0.1, 0.15) is 0 Å². The second-order valence-electron chi connectivity index (χ2n) is 5.99. The number of thiophene rings is 1. The van der Waals surface area contributed by atoms with Gasteiger partial charge in [0.25, 0.3) is 17.3 Å². The van der Waals surface area contributed by atoms with Crippen molar-refractivity contribution in [1.82, 2.24) is 20.0 Å². The summed E-state index contributed by atoms with van der Waals surface area (Å²) in [5.74, 6) is -0.109. The molecule has 4 rings (SSSR count). The minimum absolute atomic E-state index is 0.0712. The van der Waals surface area contributed by atoms with Gasteiger partial charge in [0.2, 0.25) is 0 Å². The van der Waals surface area contributed by atoms with Gasteiger partial charge < -0.3 is 9.15 Å². The smallest absolute Gasteiger partial charge is 0.360 e. The molecule has 0 N–H and O–H groups in total. The Labute approximate surface area is 163 Å².